The van der Waals surface area contributed by atoms with Gasteiger partial charge in [-0.15, -0.1) is 0 Å². The van der Waals surface area contributed by atoms with Gasteiger partial charge in [0.15, 0.2) is 0 Å². The lowest BCUT2D eigenvalue weighted by Crippen LogP contribution is -2.44. The molecule has 0 saturated carbocycles. The van der Waals surface area contributed by atoms with Gasteiger partial charge < -0.3 is 10.6 Å². The summed E-state index contributed by atoms with van der Waals surface area (Å²) < 4.78 is 0. The number of rotatable bonds is 4. The monoisotopic (exact) mass is 294 g/mol. The van der Waals surface area contributed by atoms with Crippen molar-refractivity contribution in [2.45, 2.75) is 32.4 Å². The molecule has 1 aliphatic rings. The van der Waals surface area contributed by atoms with E-state index in [9.17, 15) is 4.79 Å². The van der Waals surface area contributed by atoms with Crippen molar-refractivity contribution in [1.29, 1.82) is 0 Å². The van der Waals surface area contributed by atoms with E-state index in [1.807, 2.05) is 35.2 Å². The van der Waals surface area contributed by atoms with Crippen LogP contribution in [-0.4, -0.2) is 23.4 Å². The first-order valence-corrected chi connectivity index (χ1v) is 7.86. The van der Waals surface area contributed by atoms with Gasteiger partial charge in [-0.3, -0.25) is 4.79 Å². The number of benzene rings is 2. The van der Waals surface area contributed by atoms with Gasteiger partial charge in [0.1, 0.15) is 0 Å². The minimum atomic E-state index is 0.147. The zero-order valence-corrected chi connectivity index (χ0v) is 13.0. The second kappa shape index (κ2) is 6.32. The van der Waals surface area contributed by atoms with E-state index in [1.165, 1.54) is 5.56 Å². The average Bonchev–Trinajstić information content (AvgIpc) is 2.55. The van der Waals surface area contributed by atoms with Crippen LogP contribution in [-0.2, 0) is 19.4 Å². The van der Waals surface area contributed by atoms with Gasteiger partial charge in [0.05, 0.1) is 0 Å². The molecule has 3 rings (SSSR count). The first-order chi connectivity index (χ1) is 10.7. The van der Waals surface area contributed by atoms with Crippen molar-refractivity contribution in [2.75, 3.05) is 6.54 Å². The summed E-state index contributed by atoms with van der Waals surface area (Å²) in [5.41, 5.74) is 10.0. The van der Waals surface area contributed by atoms with Gasteiger partial charge in [0, 0.05) is 24.7 Å². The Balaban J connectivity index is 1.77. The molecule has 0 spiro atoms. The smallest absolute Gasteiger partial charge is 0.254 e. The molecule has 1 unspecified atom stereocenters. The average molecular weight is 294 g/mol. The number of carbonyl (C=O) groups excluding carboxylic acids is 1. The molecule has 0 aromatic heterocycles. The van der Waals surface area contributed by atoms with Gasteiger partial charge in [-0.05, 0) is 42.5 Å². The Kier molecular flexibility index (Phi) is 4.25. The van der Waals surface area contributed by atoms with E-state index < -0.39 is 0 Å². The minimum Gasteiger partial charge on any atom is -0.335 e. The van der Waals surface area contributed by atoms with E-state index in [4.69, 9.17) is 5.73 Å². The lowest BCUT2D eigenvalue weighted by Gasteiger charge is -2.34. The number of amides is 1. The van der Waals surface area contributed by atoms with Gasteiger partial charge in [0.25, 0.3) is 5.91 Å². The Morgan fingerprint density at radius 2 is 1.91 bits per heavy atom. The summed E-state index contributed by atoms with van der Waals surface area (Å²) in [4.78, 5) is 14.7. The Morgan fingerprint density at radius 3 is 2.64 bits per heavy atom. The third-order valence-electron chi connectivity index (χ3n) is 4.42. The van der Waals surface area contributed by atoms with Crippen LogP contribution in [0.3, 0.4) is 0 Å². The van der Waals surface area contributed by atoms with E-state index >= 15 is 0 Å². The van der Waals surface area contributed by atoms with E-state index in [1.54, 1.807) is 0 Å². The van der Waals surface area contributed by atoms with Crippen LogP contribution in [0.1, 0.15) is 34.0 Å². The third-order valence-corrected chi connectivity index (χ3v) is 4.42. The highest BCUT2D eigenvalue weighted by Gasteiger charge is 2.27. The molecule has 0 fully saturated rings. The number of carbonyl (C=O) groups is 1. The Labute approximate surface area is 131 Å². The molecule has 114 valence electrons. The lowest BCUT2D eigenvalue weighted by molar-refractivity contribution is 0.0674. The summed E-state index contributed by atoms with van der Waals surface area (Å²) in [5, 5.41) is 0. The van der Waals surface area contributed by atoms with Crippen LogP contribution in [0.5, 0.6) is 0 Å². The van der Waals surface area contributed by atoms with E-state index in [2.05, 4.69) is 25.1 Å². The summed E-state index contributed by atoms with van der Waals surface area (Å²) in [6.45, 7) is 3.44. The van der Waals surface area contributed by atoms with Crippen LogP contribution in [0, 0.1) is 0 Å². The summed E-state index contributed by atoms with van der Waals surface area (Å²) in [7, 11) is 0. The molecule has 0 bridgehead atoms. The second-order valence-electron chi connectivity index (χ2n) is 5.98. The van der Waals surface area contributed by atoms with Gasteiger partial charge in [-0.25, -0.2) is 0 Å². The van der Waals surface area contributed by atoms with E-state index in [0.29, 0.717) is 6.54 Å². The number of hydrogen-bond acceptors (Lipinski definition) is 2. The summed E-state index contributed by atoms with van der Waals surface area (Å²) in [6.07, 6.45) is 1.80. The molecule has 2 N–H and O–H groups in total. The molecule has 1 amide bonds. The molecule has 1 atom stereocenters. The van der Waals surface area contributed by atoms with Gasteiger partial charge in [-0.1, -0.05) is 42.5 Å². The number of hydrogen-bond donors (Lipinski definition) is 1. The molecule has 3 heteroatoms. The van der Waals surface area contributed by atoms with Crippen molar-refractivity contribution >= 4 is 5.91 Å². The maximum atomic E-state index is 12.7. The van der Waals surface area contributed by atoms with Crippen LogP contribution in [0.2, 0.25) is 0 Å². The molecular weight excluding hydrogens is 272 g/mol. The van der Waals surface area contributed by atoms with Crippen molar-refractivity contribution in [2.24, 2.45) is 5.73 Å². The van der Waals surface area contributed by atoms with Gasteiger partial charge >= 0.3 is 0 Å². The highest BCUT2D eigenvalue weighted by molar-refractivity contribution is 5.97. The molecule has 22 heavy (non-hydrogen) atoms. The summed E-state index contributed by atoms with van der Waals surface area (Å²) >= 11 is 0. The van der Waals surface area contributed by atoms with Crippen LogP contribution in [0.25, 0.3) is 0 Å². The van der Waals surface area contributed by atoms with Crippen LogP contribution >= 0.6 is 0 Å². The molecule has 0 aliphatic carbocycles. The minimum absolute atomic E-state index is 0.147. The highest BCUT2D eigenvalue weighted by atomic mass is 16.2. The highest BCUT2D eigenvalue weighted by Crippen LogP contribution is 2.23. The summed E-state index contributed by atoms with van der Waals surface area (Å²) in [6, 6.07) is 16.5. The molecule has 3 nitrogen and oxygen atoms in total. The summed E-state index contributed by atoms with van der Waals surface area (Å²) in [5.74, 6) is 0.147. The molecule has 0 saturated heterocycles. The molecular formula is C19H22N2O. The lowest BCUT2D eigenvalue weighted by atomic mass is 9.94. The fourth-order valence-electron chi connectivity index (χ4n) is 3.17. The zero-order valence-electron chi connectivity index (χ0n) is 13.0. The van der Waals surface area contributed by atoms with Crippen molar-refractivity contribution < 1.29 is 4.79 Å². The Bertz CT molecular complexity index is 666. The van der Waals surface area contributed by atoms with E-state index in [0.717, 1.165) is 36.1 Å². The predicted molar refractivity (Wildman–Crippen MR) is 88.7 cm³/mol. The number of nitrogens with two attached hydrogens (primary N) is 1. The fraction of sp³-hybridized carbons (Fsp3) is 0.316. The third kappa shape index (κ3) is 2.90. The van der Waals surface area contributed by atoms with Crippen molar-refractivity contribution in [1.82, 2.24) is 4.90 Å². The van der Waals surface area contributed by atoms with Crippen LogP contribution in [0.4, 0.5) is 0 Å². The Morgan fingerprint density at radius 1 is 1.14 bits per heavy atom. The van der Waals surface area contributed by atoms with Crippen molar-refractivity contribution in [3.63, 3.8) is 0 Å². The maximum absolute atomic E-state index is 12.7. The predicted octanol–water partition coefficient (Wildman–Crippen LogP) is 2.77. The molecule has 2 aromatic rings. The normalized spacial score (nSPS) is 15.5. The zero-order chi connectivity index (χ0) is 15.5. The second-order valence-corrected chi connectivity index (χ2v) is 5.98. The Hall–Kier alpha value is -2.13. The number of nitrogens with zero attached hydrogens (tertiary/aromatic N) is 1. The quantitative estimate of drug-likeness (QED) is 0.942. The molecule has 2 aromatic carbocycles. The van der Waals surface area contributed by atoms with Crippen LogP contribution in [0.15, 0.2) is 48.5 Å². The maximum Gasteiger partial charge on any atom is 0.254 e. The van der Waals surface area contributed by atoms with E-state index in [-0.39, 0.29) is 11.9 Å². The standard InChI is InChI=1S/C19H22N2O/c1-14(11-15-5-3-2-4-6-15)21-10-9-17-12-16(13-20)7-8-18(17)19(21)22/h2-8,12,14H,9-11,13,20H2,1H3. The fourth-order valence-corrected chi connectivity index (χ4v) is 3.17. The molecule has 0 radical (unpaired) electrons. The first-order valence-electron chi connectivity index (χ1n) is 7.86. The SMILES string of the molecule is CC(Cc1ccccc1)N1CCc2cc(CN)ccc2C1=O. The molecule has 1 heterocycles. The molecule has 1 aliphatic heterocycles. The number of fused-ring (bicyclic) bond motifs is 1. The van der Waals surface area contributed by atoms with Crippen molar-refractivity contribution in [3.8, 4) is 0 Å². The topological polar surface area (TPSA) is 46.3 Å². The first kappa shape index (κ1) is 14.8. The largest absolute Gasteiger partial charge is 0.335 e. The van der Waals surface area contributed by atoms with Crippen LogP contribution < -0.4 is 5.73 Å². The van der Waals surface area contributed by atoms with Gasteiger partial charge in [-0.2, -0.15) is 0 Å². The van der Waals surface area contributed by atoms with Crippen molar-refractivity contribution in [3.05, 3.63) is 70.8 Å². The van der Waals surface area contributed by atoms with Gasteiger partial charge in [0.2, 0.25) is 0 Å².